The first kappa shape index (κ1) is 15.5. The molecule has 20 heavy (non-hydrogen) atoms. The molecule has 2 rings (SSSR count). The lowest BCUT2D eigenvalue weighted by Gasteiger charge is -2.37. The van der Waals surface area contributed by atoms with Crippen LogP contribution in [0.5, 0.6) is 0 Å². The van der Waals surface area contributed by atoms with Gasteiger partial charge >= 0.3 is 0 Å². The highest BCUT2D eigenvalue weighted by Crippen LogP contribution is 2.36. The van der Waals surface area contributed by atoms with Crippen LogP contribution in [0.2, 0.25) is 0 Å². The Morgan fingerprint density at radius 3 is 2.80 bits per heavy atom. The van der Waals surface area contributed by atoms with Gasteiger partial charge < -0.3 is 10.1 Å². The van der Waals surface area contributed by atoms with Crippen LogP contribution in [-0.2, 0) is 4.74 Å². The monoisotopic (exact) mass is 276 g/mol. The molecule has 112 valence electrons. The standard InChI is InChI=1S/C17H28N2O/c1-4-6-19-17(15-7-13(3)11-18-12-15)10-14-8-16(9-14)20-5-2/h7,11-12,14,16-17,19H,4-6,8-10H2,1-3H3. The van der Waals surface area contributed by atoms with Gasteiger partial charge in [0, 0.05) is 25.0 Å². The molecule has 1 unspecified atom stereocenters. The number of nitrogens with one attached hydrogen (secondary N) is 1. The number of hydrogen-bond donors (Lipinski definition) is 1. The first-order chi connectivity index (χ1) is 9.72. The van der Waals surface area contributed by atoms with Gasteiger partial charge in [-0.25, -0.2) is 0 Å². The van der Waals surface area contributed by atoms with E-state index in [2.05, 4.69) is 37.1 Å². The summed E-state index contributed by atoms with van der Waals surface area (Å²) in [5.74, 6) is 0.793. The predicted octanol–water partition coefficient (Wildman–Crippen LogP) is 3.64. The van der Waals surface area contributed by atoms with Gasteiger partial charge in [0.2, 0.25) is 0 Å². The summed E-state index contributed by atoms with van der Waals surface area (Å²) >= 11 is 0. The normalized spacial score (nSPS) is 23.4. The van der Waals surface area contributed by atoms with Gasteiger partial charge in [-0.05, 0) is 63.1 Å². The van der Waals surface area contributed by atoms with Crippen molar-refractivity contribution >= 4 is 0 Å². The van der Waals surface area contributed by atoms with Crippen molar-refractivity contribution in [1.82, 2.24) is 10.3 Å². The predicted molar refractivity (Wildman–Crippen MR) is 82.8 cm³/mol. The fourth-order valence-electron chi connectivity index (χ4n) is 3.00. The van der Waals surface area contributed by atoms with Crippen molar-refractivity contribution in [2.75, 3.05) is 13.2 Å². The third-order valence-electron chi connectivity index (χ3n) is 4.10. The highest BCUT2D eigenvalue weighted by Gasteiger charge is 2.31. The second-order valence-corrected chi connectivity index (χ2v) is 5.95. The van der Waals surface area contributed by atoms with E-state index in [1.54, 1.807) is 0 Å². The van der Waals surface area contributed by atoms with E-state index in [4.69, 9.17) is 4.74 Å². The van der Waals surface area contributed by atoms with Crippen LogP contribution in [0.25, 0.3) is 0 Å². The molecule has 0 aliphatic heterocycles. The van der Waals surface area contributed by atoms with Crippen LogP contribution < -0.4 is 5.32 Å². The molecule has 1 atom stereocenters. The lowest BCUT2D eigenvalue weighted by molar-refractivity contribution is -0.0291. The maximum Gasteiger partial charge on any atom is 0.0580 e. The number of hydrogen-bond acceptors (Lipinski definition) is 3. The maximum absolute atomic E-state index is 5.66. The third-order valence-corrected chi connectivity index (χ3v) is 4.10. The second-order valence-electron chi connectivity index (χ2n) is 5.95. The summed E-state index contributed by atoms with van der Waals surface area (Å²) in [6.07, 6.45) is 9.26. The van der Waals surface area contributed by atoms with Crippen LogP contribution in [0.15, 0.2) is 18.5 Å². The van der Waals surface area contributed by atoms with Crippen LogP contribution in [0.4, 0.5) is 0 Å². The van der Waals surface area contributed by atoms with E-state index in [9.17, 15) is 0 Å². The molecule has 1 saturated carbocycles. The van der Waals surface area contributed by atoms with E-state index in [0.29, 0.717) is 12.1 Å². The van der Waals surface area contributed by atoms with Crippen molar-refractivity contribution in [2.24, 2.45) is 5.92 Å². The first-order valence-electron chi connectivity index (χ1n) is 7.99. The van der Waals surface area contributed by atoms with Crippen molar-refractivity contribution < 1.29 is 4.74 Å². The van der Waals surface area contributed by atoms with Crippen molar-refractivity contribution in [3.8, 4) is 0 Å². The van der Waals surface area contributed by atoms with Gasteiger partial charge in [-0.3, -0.25) is 4.98 Å². The SMILES string of the molecule is CCCNC(CC1CC(OCC)C1)c1cncc(C)c1. The minimum Gasteiger partial charge on any atom is -0.378 e. The lowest BCUT2D eigenvalue weighted by Crippen LogP contribution is -2.35. The second kappa shape index (κ2) is 7.75. The minimum atomic E-state index is 0.440. The summed E-state index contributed by atoms with van der Waals surface area (Å²) in [5.41, 5.74) is 2.57. The zero-order valence-electron chi connectivity index (χ0n) is 13.1. The molecule has 1 fully saturated rings. The number of aromatic nitrogens is 1. The van der Waals surface area contributed by atoms with Crippen molar-refractivity contribution in [3.63, 3.8) is 0 Å². The van der Waals surface area contributed by atoms with Gasteiger partial charge in [0.1, 0.15) is 0 Å². The fourth-order valence-corrected chi connectivity index (χ4v) is 3.00. The van der Waals surface area contributed by atoms with Crippen molar-refractivity contribution in [2.45, 2.75) is 58.6 Å². The largest absolute Gasteiger partial charge is 0.378 e. The number of rotatable bonds is 8. The zero-order valence-corrected chi connectivity index (χ0v) is 13.1. The molecule has 0 aromatic carbocycles. The van der Waals surface area contributed by atoms with E-state index >= 15 is 0 Å². The van der Waals surface area contributed by atoms with E-state index in [1.165, 1.54) is 36.8 Å². The fraction of sp³-hybridized carbons (Fsp3) is 0.706. The summed E-state index contributed by atoms with van der Waals surface area (Å²) in [5, 5.41) is 3.68. The van der Waals surface area contributed by atoms with Gasteiger partial charge in [0.25, 0.3) is 0 Å². The molecule has 1 aromatic heterocycles. The summed E-state index contributed by atoms with van der Waals surface area (Å²) in [7, 11) is 0. The van der Waals surface area contributed by atoms with Crippen molar-refractivity contribution in [1.29, 1.82) is 0 Å². The molecule has 0 spiro atoms. The summed E-state index contributed by atoms with van der Waals surface area (Å²) in [6.45, 7) is 8.32. The third kappa shape index (κ3) is 4.29. The van der Waals surface area contributed by atoms with Gasteiger partial charge in [-0.1, -0.05) is 13.0 Å². The molecule has 1 aromatic rings. The van der Waals surface area contributed by atoms with Gasteiger partial charge in [-0.2, -0.15) is 0 Å². The quantitative estimate of drug-likeness (QED) is 0.787. The zero-order chi connectivity index (χ0) is 14.4. The average Bonchev–Trinajstić information content (AvgIpc) is 2.40. The Balaban J connectivity index is 1.91. The summed E-state index contributed by atoms with van der Waals surface area (Å²) in [6, 6.07) is 2.70. The average molecular weight is 276 g/mol. The van der Waals surface area contributed by atoms with Crippen LogP contribution in [-0.4, -0.2) is 24.2 Å². The van der Waals surface area contributed by atoms with Crippen LogP contribution in [0.1, 0.15) is 56.7 Å². The summed E-state index contributed by atoms with van der Waals surface area (Å²) in [4.78, 5) is 4.34. The topological polar surface area (TPSA) is 34.1 Å². The Labute approximate surface area is 123 Å². The number of pyridine rings is 1. The van der Waals surface area contributed by atoms with Crippen molar-refractivity contribution in [3.05, 3.63) is 29.6 Å². The molecule has 1 aliphatic rings. The Morgan fingerprint density at radius 1 is 1.35 bits per heavy atom. The molecule has 0 saturated heterocycles. The molecule has 1 heterocycles. The smallest absolute Gasteiger partial charge is 0.0580 e. The Bertz CT molecular complexity index is 402. The Hall–Kier alpha value is -0.930. The molecule has 0 radical (unpaired) electrons. The Morgan fingerprint density at radius 2 is 2.15 bits per heavy atom. The Kier molecular flexibility index (Phi) is 5.99. The lowest BCUT2D eigenvalue weighted by atomic mass is 9.77. The van der Waals surface area contributed by atoms with E-state index in [0.717, 1.165) is 19.1 Å². The molecular weight excluding hydrogens is 248 g/mol. The molecule has 1 aliphatic carbocycles. The maximum atomic E-state index is 5.66. The minimum absolute atomic E-state index is 0.440. The number of nitrogens with zero attached hydrogens (tertiary/aromatic N) is 1. The number of ether oxygens (including phenoxy) is 1. The number of aryl methyl sites for hydroxylation is 1. The van der Waals surface area contributed by atoms with Gasteiger partial charge in [-0.15, -0.1) is 0 Å². The molecule has 0 bridgehead atoms. The van der Waals surface area contributed by atoms with Crippen LogP contribution >= 0.6 is 0 Å². The van der Waals surface area contributed by atoms with Gasteiger partial charge in [0.05, 0.1) is 6.10 Å². The van der Waals surface area contributed by atoms with Crippen LogP contribution in [0.3, 0.4) is 0 Å². The van der Waals surface area contributed by atoms with E-state index in [-0.39, 0.29) is 0 Å². The van der Waals surface area contributed by atoms with Crippen LogP contribution in [0, 0.1) is 12.8 Å². The van der Waals surface area contributed by atoms with E-state index < -0.39 is 0 Å². The first-order valence-corrected chi connectivity index (χ1v) is 7.99. The molecule has 0 amide bonds. The summed E-state index contributed by atoms with van der Waals surface area (Å²) < 4.78 is 5.66. The molecule has 1 N–H and O–H groups in total. The van der Waals surface area contributed by atoms with Gasteiger partial charge in [0.15, 0.2) is 0 Å². The molecular formula is C17H28N2O. The molecule has 3 heteroatoms. The highest BCUT2D eigenvalue weighted by atomic mass is 16.5. The molecule has 3 nitrogen and oxygen atoms in total. The highest BCUT2D eigenvalue weighted by molar-refractivity contribution is 5.20. The van der Waals surface area contributed by atoms with E-state index in [1.807, 2.05) is 12.4 Å².